The number of benzene rings is 1. The Kier molecular flexibility index (Phi) is 6.72. The smallest absolute Gasteiger partial charge is 0.245 e. The van der Waals surface area contributed by atoms with E-state index in [4.69, 9.17) is 0 Å². The highest BCUT2D eigenvalue weighted by Crippen LogP contribution is 2.24. The number of rotatable bonds is 6. The number of amides is 2. The van der Waals surface area contributed by atoms with Gasteiger partial charge < -0.3 is 10.2 Å². The Morgan fingerprint density at radius 1 is 1.48 bits per heavy atom. The molecule has 1 aliphatic heterocycles. The number of nitrogens with zero attached hydrogens (tertiary/aromatic N) is 1. The molecule has 0 bridgehead atoms. The van der Waals surface area contributed by atoms with Gasteiger partial charge in [-0.2, -0.15) is 0 Å². The van der Waals surface area contributed by atoms with Crippen molar-refractivity contribution in [1.82, 2.24) is 10.2 Å². The van der Waals surface area contributed by atoms with Crippen LogP contribution >= 0.6 is 27.7 Å². The van der Waals surface area contributed by atoms with Crippen molar-refractivity contribution >= 4 is 39.5 Å². The van der Waals surface area contributed by atoms with Crippen molar-refractivity contribution in [1.29, 1.82) is 0 Å². The average Bonchev–Trinajstić information content (AvgIpc) is 3.04. The molecule has 0 radical (unpaired) electrons. The van der Waals surface area contributed by atoms with E-state index in [1.807, 2.05) is 12.1 Å². The first-order valence-corrected chi connectivity index (χ1v) is 9.28. The van der Waals surface area contributed by atoms with Crippen LogP contribution in [0.3, 0.4) is 0 Å². The molecule has 0 aromatic heterocycles. The van der Waals surface area contributed by atoms with Crippen LogP contribution < -0.4 is 5.32 Å². The maximum absolute atomic E-state index is 12.2. The van der Waals surface area contributed by atoms with Gasteiger partial charge in [0.25, 0.3) is 0 Å². The molecule has 6 heteroatoms. The van der Waals surface area contributed by atoms with Crippen LogP contribution in [0.1, 0.15) is 13.3 Å². The highest BCUT2D eigenvalue weighted by atomic mass is 79.9. The second kappa shape index (κ2) is 8.55. The lowest BCUT2D eigenvalue weighted by Gasteiger charge is -2.16. The van der Waals surface area contributed by atoms with E-state index in [-0.39, 0.29) is 23.0 Å². The number of likely N-dealkylation sites (tertiary alicyclic amines) is 1. The van der Waals surface area contributed by atoms with Gasteiger partial charge in [-0.15, -0.1) is 11.8 Å². The molecule has 2 amide bonds. The average molecular weight is 397 g/mol. The van der Waals surface area contributed by atoms with Gasteiger partial charge in [-0.1, -0.05) is 29.4 Å². The maximum Gasteiger partial charge on any atom is 0.245 e. The molecule has 0 aliphatic carbocycles. The van der Waals surface area contributed by atoms with E-state index in [0.29, 0.717) is 19.6 Å². The first-order chi connectivity index (χ1) is 11.0. The predicted molar refractivity (Wildman–Crippen MR) is 97.4 cm³/mol. The Labute approximate surface area is 149 Å². The largest absolute Gasteiger partial charge is 0.355 e. The number of carbonyl (C=O) groups excluding carboxylic acids is 2. The molecule has 1 heterocycles. The van der Waals surface area contributed by atoms with E-state index in [0.717, 1.165) is 10.9 Å². The number of thioether (sulfide) groups is 1. The van der Waals surface area contributed by atoms with Crippen molar-refractivity contribution in [2.24, 2.45) is 5.92 Å². The zero-order valence-corrected chi connectivity index (χ0v) is 15.5. The van der Waals surface area contributed by atoms with E-state index < -0.39 is 0 Å². The fraction of sp³-hybridized carbons (Fsp3) is 0.412. The molecule has 2 rings (SSSR count). The molecule has 0 saturated carbocycles. The topological polar surface area (TPSA) is 49.4 Å². The van der Waals surface area contributed by atoms with Gasteiger partial charge >= 0.3 is 0 Å². The zero-order valence-electron chi connectivity index (χ0n) is 13.1. The summed E-state index contributed by atoms with van der Waals surface area (Å²) in [6.07, 6.45) is 2.02. The van der Waals surface area contributed by atoms with Crippen molar-refractivity contribution in [3.63, 3.8) is 0 Å². The summed E-state index contributed by atoms with van der Waals surface area (Å²) in [4.78, 5) is 26.6. The molecule has 1 aromatic carbocycles. The first-order valence-electron chi connectivity index (χ1n) is 7.61. The molecule has 1 saturated heterocycles. The lowest BCUT2D eigenvalue weighted by molar-refractivity contribution is -0.126. The monoisotopic (exact) mass is 396 g/mol. The summed E-state index contributed by atoms with van der Waals surface area (Å²) in [6, 6.07) is 8.14. The number of nitrogens with one attached hydrogen (secondary N) is 1. The molecule has 23 heavy (non-hydrogen) atoms. The second-order valence-corrected chi connectivity index (χ2v) is 8.03. The van der Waals surface area contributed by atoms with Gasteiger partial charge in [-0.05, 0) is 36.8 Å². The molecule has 1 N–H and O–H groups in total. The molecular weight excluding hydrogens is 376 g/mol. The second-order valence-electron chi connectivity index (χ2n) is 5.60. The number of hydrogen-bond acceptors (Lipinski definition) is 3. The van der Waals surface area contributed by atoms with Gasteiger partial charge in [0.15, 0.2) is 0 Å². The lowest BCUT2D eigenvalue weighted by Crippen LogP contribution is -2.36. The van der Waals surface area contributed by atoms with Crippen LogP contribution in [0.25, 0.3) is 0 Å². The van der Waals surface area contributed by atoms with Crippen LogP contribution in [0.2, 0.25) is 0 Å². The molecule has 4 nitrogen and oxygen atoms in total. The van der Waals surface area contributed by atoms with Gasteiger partial charge in [0, 0.05) is 34.3 Å². The maximum atomic E-state index is 12.2. The van der Waals surface area contributed by atoms with Crippen LogP contribution in [-0.4, -0.2) is 41.6 Å². The first kappa shape index (κ1) is 18.1. The summed E-state index contributed by atoms with van der Waals surface area (Å²) >= 11 is 5.15. The number of hydrogen-bond donors (Lipinski definition) is 1. The van der Waals surface area contributed by atoms with Crippen LogP contribution in [0.5, 0.6) is 0 Å². The van der Waals surface area contributed by atoms with Crippen molar-refractivity contribution < 1.29 is 9.59 Å². The normalized spacial score (nSPS) is 18.5. The summed E-state index contributed by atoms with van der Waals surface area (Å²) in [7, 11) is 0. The molecule has 2 atom stereocenters. The quantitative estimate of drug-likeness (QED) is 0.593. The molecule has 2 unspecified atom stereocenters. The van der Waals surface area contributed by atoms with E-state index in [1.54, 1.807) is 16.7 Å². The molecule has 1 aromatic rings. The summed E-state index contributed by atoms with van der Waals surface area (Å²) in [5, 5.41) is 3.29. The van der Waals surface area contributed by atoms with Crippen molar-refractivity contribution in [3.05, 3.63) is 41.4 Å². The van der Waals surface area contributed by atoms with Crippen molar-refractivity contribution in [2.45, 2.75) is 23.5 Å². The van der Waals surface area contributed by atoms with E-state index in [9.17, 15) is 9.59 Å². The lowest BCUT2D eigenvalue weighted by atomic mass is 10.1. The third kappa shape index (κ3) is 5.39. The third-order valence-electron chi connectivity index (χ3n) is 3.76. The van der Waals surface area contributed by atoms with Crippen molar-refractivity contribution in [2.75, 3.05) is 19.6 Å². The molecule has 1 fully saturated rings. The fourth-order valence-corrected chi connectivity index (χ4v) is 3.67. The Morgan fingerprint density at radius 3 is 2.83 bits per heavy atom. The minimum Gasteiger partial charge on any atom is -0.355 e. The molecule has 1 aliphatic rings. The number of carbonyl (C=O) groups is 2. The Balaban J connectivity index is 1.75. The SMILES string of the molecule is C=CC(=O)N1CCC(C(=O)NCC(C)Sc2ccc(Br)cc2)C1. The minimum atomic E-state index is -0.108. The van der Waals surface area contributed by atoms with E-state index >= 15 is 0 Å². The highest BCUT2D eigenvalue weighted by Gasteiger charge is 2.29. The van der Waals surface area contributed by atoms with E-state index in [2.05, 4.69) is 46.9 Å². The number of halogens is 1. The van der Waals surface area contributed by atoms with Crippen LogP contribution in [0.4, 0.5) is 0 Å². The third-order valence-corrected chi connectivity index (χ3v) is 5.40. The van der Waals surface area contributed by atoms with E-state index in [1.165, 1.54) is 11.0 Å². The fourth-order valence-electron chi connectivity index (χ4n) is 2.48. The summed E-state index contributed by atoms with van der Waals surface area (Å²) in [6.45, 7) is 7.31. The van der Waals surface area contributed by atoms with Crippen LogP contribution in [0, 0.1) is 5.92 Å². The Bertz CT molecular complexity index is 576. The Morgan fingerprint density at radius 2 is 2.17 bits per heavy atom. The standard InChI is InChI=1S/C17H21BrN2O2S/c1-3-16(21)20-9-8-13(11-20)17(22)19-10-12(2)23-15-6-4-14(18)5-7-15/h3-7,12-13H,1,8-11H2,2H3,(H,19,22). The van der Waals surface area contributed by atoms with Gasteiger partial charge in [-0.3, -0.25) is 9.59 Å². The highest BCUT2D eigenvalue weighted by molar-refractivity contribution is 9.10. The van der Waals surface area contributed by atoms with Gasteiger partial charge in [0.1, 0.15) is 0 Å². The summed E-state index contributed by atoms with van der Waals surface area (Å²) in [5.74, 6) is -0.170. The van der Waals surface area contributed by atoms with Crippen LogP contribution in [-0.2, 0) is 9.59 Å². The minimum absolute atomic E-state index is 0.0348. The van der Waals surface area contributed by atoms with Crippen LogP contribution in [0.15, 0.2) is 46.3 Å². The molecule has 124 valence electrons. The van der Waals surface area contributed by atoms with Gasteiger partial charge in [0.05, 0.1) is 5.92 Å². The van der Waals surface area contributed by atoms with Gasteiger partial charge in [0.2, 0.25) is 11.8 Å². The molecule has 0 spiro atoms. The van der Waals surface area contributed by atoms with Crippen molar-refractivity contribution in [3.8, 4) is 0 Å². The Hall–Kier alpha value is -1.27. The zero-order chi connectivity index (χ0) is 16.8. The summed E-state index contributed by atoms with van der Waals surface area (Å²) < 4.78 is 1.06. The summed E-state index contributed by atoms with van der Waals surface area (Å²) in [5.41, 5.74) is 0. The predicted octanol–water partition coefficient (Wildman–Crippen LogP) is 3.08. The van der Waals surface area contributed by atoms with Gasteiger partial charge in [-0.25, -0.2) is 0 Å². The molecular formula is C17H21BrN2O2S.